The van der Waals surface area contributed by atoms with Crippen LogP contribution in [0.15, 0.2) is 53.4 Å². The fraction of sp³-hybridized carbons (Fsp3) is 0.333. The minimum Gasteiger partial charge on any atom is -0.330 e. The largest absolute Gasteiger partial charge is 0.330 e. The van der Waals surface area contributed by atoms with E-state index in [1.807, 2.05) is 23.9 Å². The fourth-order valence-corrected chi connectivity index (χ4v) is 4.32. The lowest BCUT2D eigenvalue weighted by molar-refractivity contribution is 0.457. The summed E-state index contributed by atoms with van der Waals surface area (Å²) in [6.07, 6.45) is 2.04. The number of hydrogen-bond donors (Lipinski definition) is 1. The molecule has 0 spiro atoms. The molecule has 110 valence electrons. The molecule has 3 heteroatoms. The molecule has 1 heterocycles. The fourth-order valence-electron chi connectivity index (χ4n) is 3.04. The number of fused-ring (bicyclic) bond motifs is 1. The molecule has 1 nitrogen and oxygen atoms in total. The summed E-state index contributed by atoms with van der Waals surface area (Å²) >= 11 is 1.95. The number of halogens is 1. The minimum atomic E-state index is -0.177. The van der Waals surface area contributed by atoms with Crippen molar-refractivity contribution >= 4 is 11.8 Å². The molecule has 0 radical (unpaired) electrons. The summed E-state index contributed by atoms with van der Waals surface area (Å²) in [5.74, 6) is 2.02. The van der Waals surface area contributed by atoms with Gasteiger partial charge < -0.3 is 5.73 Å². The zero-order chi connectivity index (χ0) is 14.7. The highest BCUT2D eigenvalue weighted by Gasteiger charge is 2.25. The molecule has 2 aromatic rings. The molecule has 0 aliphatic carbocycles. The van der Waals surface area contributed by atoms with Crippen LogP contribution in [0.25, 0.3) is 0 Å². The van der Waals surface area contributed by atoms with Crippen LogP contribution >= 0.6 is 11.8 Å². The second-order valence-electron chi connectivity index (χ2n) is 5.71. The van der Waals surface area contributed by atoms with Crippen molar-refractivity contribution in [3.63, 3.8) is 0 Å². The molecule has 2 aromatic carbocycles. The van der Waals surface area contributed by atoms with Gasteiger partial charge in [-0.1, -0.05) is 30.3 Å². The van der Waals surface area contributed by atoms with Crippen molar-refractivity contribution in [3.05, 3.63) is 65.5 Å². The molecule has 2 atom stereocenters. The van der Waals surface area contributed by atoms with Crippen molar-refractivity contribution in [2.75, 3.05) is 12.3 Å². The summed E-state index contributed by atoms with van der Waals surface area (Å²) in [7, 11) is 0. The average molecular weight is 301 g/mol. The Balaban J connectivity index is 1.67. The van der Waals surface area contributed by atoms with Crippen LogP contribution in [0.2, 0.25) is 0 Å². The Morgan fingerprint density at radius 1 is 1.14 bits per heavy atom. The van der Waals surface area contributed by atoms with Crippen molar-refractivity contribution in [1.29, 1.82) is 0 Å². The molecular weight excluding hydrogens is 281 g/mol. The Hall–Kier alpha value is -1.32. The predicted octanol–water partition coefficient (Wildman–Crippen LogP) is 4.22. The third kappa shape index (κ3) is 3.47. The molecule has 0 saturated heterocycles. The van der Waals surface area contributed by atoms with Gasteiger partial charge >= 0.3 is 0 Å². The molecule has 21 heavy (non-hydrogen) atoms. The first-order chi connectivity index (χ1) is 10.3. The smallest absolute Gasteiger partial charge is 0.123 e. The highest BCUT2D eigenvalue weighted by molar-refractivity contribution is 7.99. The van der Waals surface area contributed by atoms with Gasteiger partial charge in [0.15, 0.2) is 0 Å². The molecular formula is C18H20FNS. The van der Waals surface area contributed by atoms with Gasteiger partial charge in [0.1, 0.15) is 5.82 Å². The lowest BCUT2D eigenvalue weighted by Gasteiger charge is -2.19. The standard InChI is InChI=1S/C18H20FNS/c19-16-7-5-13(6-8-16)9-14(11-20)10-15-12-21-18-4-2-1-3-17(15)18/h1-8,14-15H,9-12,20H2. The van der Waals surface area contributed by atoms with Gasteiger partial charge in [0.25, 0.3) is 0 Å². The van der Waals surface area contributed by atoms with E-state index in [-0.39, 0.29) is 5.82 Å². The summed E-state index contributed by atoms with van der Waals surface area (Å²) in [5.41, 5.74) is 8.61. The highest BCUT2D eigenvalue weighted by Crippen LogP contribution is 2.42. The van der Waals surface area contributed by atoms with E-state index in [0.29, 0.717) is 18.4 Å². The van der Waals surface area contributed by atoms with Crippen molar-refractivity contribution < 1.29 is 4.39 Å². The second kappa shape index (κ2) is 6.63. The maximum Gasteiger partial charge on any atom is 0.123 e. The first-order valence-corrected chi connectivity index (χ1v) is 8.41. The Bertz CT molecular complexity index is 596. The highest BCUT2D eigenvalue weighted by atomic mass is 32.2. The van der Waals surface area contributed by atoms with Gasteiger partial charge in [-0.2, -0.15) is 0 Å². The van der Waals surface area contributed by atoms with Crippen LogP contribution in [-0.2, 0) is 6.42 Å². The van der Waals surface area contributed by atoms with Crippen molar-refractivity contribution in [2.45, 2.75) is 23.7 Å². The molecule has 0 bridgehead atoms. The summed E-state index contributed by atoms with van der Waals surface area (Å²) in [6.45, 7) is 0.681. The maximum atomic E-state index is 13.0. The van der Waals surface area contributed by atoms with E-state index in [9.17, 15) is 4.39 Å². The number of benzene rings is 2. The zero-order valence-corrected chi connectivity index (χ0v) is 12.8. The van der Waals surface area contributed by atoms with Gasteiger partial charge in [-0.05, 0) is 60.5 Å². The Labute approximate surface area is 129 Å². The van der Waals surface area contributed by atoms with Crippen molar-refractivity contribution in [2.24, 2.45) is 11.7 Å². The van der Waals surface area contributed by atoms with Gasteiger partial charge in [-0.25, -0.2) is 4.39 Å². The quantitative estimate of drug-likeness (QED) is 0.894. The summed E-state index contributed by atoms with van der Waals surface area (Å²) < 4.78 is 13.0. The lowest BCUT2D eigenvalue weighted by Crippen LogP contribution is -2.20. The molecule has 0 saturated carbocycles. The van der Waals surface area contributed by atoms with Gasteiger partial charge in [-0.3, -0.25) is 0 Å². The van der Waals surface area contributed by atoms with Gasteiger partial charge in [-0.15, -0.1) is 11.8 Å². The Kier molecular flexibility index (Phi) is 4.61. The summed E-state index contributed by atoms with van der Waals surface area (Å²) in [6, 6.07) is 15.5. The zero-order valence-electron chi connectivity index (χ0n) is 12.0. The normalized spacial score (nSPS) is 18.5. The second-order valence-corrected chi connectivity index (χ2v) is 6.78. The molecule has 0 amide bonds. The summed E-state index contributed by atoms with van der Waals surface area (Å²) in [4.78, 5) is 1.42. The van der Waals surface area contributed by atoms with E-state index >= 15 is 0 Å². The lowest BCUT2D eigenvalue weighted by atomic mass is 9.87. The Morgan fingerprint density at radius 2 is 1.90 bits per heavy atom. The predicted molar refractivity (Wildman–Crippen MR) is 87.2 cm³/mol. The minimum absolute atomic E-state index is 0.177. The molecule has 1 aliphatic rings. The van der Waals surface area contributed by atoms with E-state index in [1.165, 1.54) is 28.2 Å². The van der Waals surface area contributed by atoms with Gasteiger partial charge in [0.05, 0.1) is 0 Å². The van der Waals surface area contributed by atoms with E-state index in [4.69, 9.17) is 5.73 Å². The van der Waals surface area contributed by atoms with E-state index in [1.54, 1.807) is 0 Å². The van der Waals surface area contributed by atoms with E-state index in [0.717, 1.165) is 18.6 Å². The topological polar surface area (TPSA) is 26.0 Å². The third-order valence-corrected chi connectivity index (χ3v) is 5.44. The molecule has 1 aliphatic heterocycles. The molecule has 0 aromatic heterocycles. The van der Waals surface area contributed by atoms with Gasteiger partial charge in [0.2, 0.25) is 0 Å². The van der Waals surface area contributed by atoms with Crippen molar-refractivity contribution in [1.82, 2.24) is 0 Å². The van der Waals surface area contributed by atoms with Gasteiger partial charge in [0, 0.05) is 10.6 Å². The molecule has 2 N–H and O–H groups in total. The van der Waals surface area contributed by atoms with Crippen LogP contribution in [0.4, 0.5) is 4.39 Å². The number of nitrogens with two attached hydrogens (primary N) is 1. The average Bonchev–Trinajstić information content (AvgIpc) is 2.92. The number of rotatable bonds is 5. The van der Waals surface area contributed by atoms with Crippen LogP contribution in [-0.4, -0.2) is 12.3 Å². The number of hydrogen-bond acceptors (Lipinski definition) is 2. The first kappa shape index (κ1) is 14.6. The summed E-state index contributed by atoms with van der Waals surface area (Å²) in [5, 5.41) is 0. The number of thioether (sulfide) groups is 1. The SMILES string of the molecule is NCC(Cc1ccc(F)cc1)CC1CSc2ccccc21. The van der Waals surface area contributed by atoms with E-state index < -0.39 is 0 Å². The molecule has 2 unspecified atom stereocenters. The van der Waals surface area contributed by atoms with Crippen LogP contribution < -0.4 is 5.73 Å². The van der Waals surface area contributed by atoms with Crippen LogP contribution in [0.3, 0.4) is 0 Å². The molecule has 3 rings (SSSR count). The van der Waals surface area contributed by atoms with E-state index in [2.05, 4.69) is 24.3 Å². The van der Waals surface area contributed by atoms with Crippen LogP contribution in [0.5, 0.6) is 0 Å². The maximum absolute atomic E-state index is 13.0. The first-order valence-electron chi connectivity index (χ1n) is 7.42. The molecule has 0 fully saturated rings. The van der Waals surface area contributed by atoms with Crippen LogP contribution in [0, 0.1) is 11.7 Å². The Morgan fingerprint density at radius 3 is 2.67 bits per heavy atom. The third-order valence-electron chi connectivity index (χ3n) is 4.19. The van der Waals surface area contributed by atoms with Crippen LogP contribution in [0.1, 0.15) is 23.5 Å². The monoisotopic (exact) mass is 301 g/mol. The van der Waals surface area contributed by atoms with Crippen molar-refractivity contribution in [3.8, 4) is 0 Å².